The van der Waals surface area contributed by atoms with E-state index < -0.39 is 0 Å². The Labute approximate surface area is 34.4 Å². The molecule has 28 valence electrons. The molecule has 0 bridgehead atoms. The smallest absolute Gasteiger partial charge is 0.00503 e. The van der Waals surface area contributed by atoms with Crippen molar-refractivity contribution in [2.24, 2.45) is 0 Å². The van der Waals surface area contributed by atoms with Gasteiger partial charge in [0.15, 0.2) is 0 Å². The van der Waals surface area contributed by atoms with E-state index in [4.69, 9.17) is 0 Å². The van der Waals surface area contributed by atoms with Crippen LogP contribution >= 0.6 is 15.2 Å². The molecule has 0 N–H and O–H groups in total. The monoisotopic (exact) mass is 104 g/mol. The molecule has 5 heavy (non-hydrogen) atoms. The minimum atomic E-state index is 0.800. The van der Waals surface area contributed by atoms with Crippen LogP contribution in [0.3, 0.4) is 0 Å². The highest BCUT2D eigenvalue weighted by Crippen LogP contribution is 3.13. The molecule has 0 spiro atoms. The molecule has 0 amide bonds. The second-order valence-electron chi connectivity index (χ2n) is 1.65. The molecule has 0 saturated carbocycles. The summed E-state index contributed by atoms with van der Waals surface area (Å²) < 4.78 is 0. The summed E-state index contributed by atoms with van der Waals surface area (Å²) in [6, 6.07) is 0. The SMILES string of the molecule is CC1P2CP12. The Kier molecular flexibility index (Phi) is 0.361. The van der Waals surface area contributed by atoms with Crippen molar-refractivity contribution in [3.8, 4) is 0 Å². The van der Waals surface area contributed by atoms with E-state index in [2.05, 4.69) is 6.92 Å². The third-order valence-electron chi connectivity index (χ3n) is 1.34. The van der Waals surface area contributed by atoms with Crippen molar-refractivity contribution in [3.63, 3.8) is 0 Å². The van der Waals surface area contributed by atoms with E-state index in [1.54, 1.807) is 5.90 Å². The van der Waals surface area contributed by atoms with Gasteiger partial charge in [0.2, 0.25) is 0 Å². The fourth-order valence-corrected chi connectivity index (χ4v) is 8.22. The van der Waals surface area contributed by atoms with E-state index in [0.29, 0.717) is 0 Å². The van der Waals surface area contributed by atoms with Gasteiger partial charge in [-0.1, -0.05) is 22.1 Å². The lowest BCUT2D eigenvalue weighted by atomic mass is 11.0. The molecular weight excluding hydrogens is 98.0 g/mol. The van der Waals surface area contributed by atoms with Crippen molar-refractivity contribution in [2.45, 2.75) is 12.3 Å². The zero-order valence-corrected chi connectivity index (χ0v) is 4.97. The Morgan fingerprint density at radius 1 is 1.60 bits per heavy atom. The lowest BCUT2D eigenvalue weighted by Crippen LogP contribution is -1.67. The van der Waals surface area contributed by atoms with Crippen LogP contribution in [0.2, 0.25) is 0 Å². The van der Waals surface area contributed by atoms with Crippen LogP contribution in [-0.4, -0.2) is 11.3 Å². The van der Waals surface area contributed by atoms with Gasteiger partial charge >= 0.3 is 0 Å². The molecule has 0 nitrogen and oxygen atoms in total. The van der Waals surface area contributed by atoms with Crippen LogP contribution in [-0.2, 0) is 0 Å². The van der Waals surface area contributed by atoms with E-state index in [0.717, 1.165) is 15.2 Å². The molecule has 2 fully saturated rings. The van der Waals surface area contributed by atoms with E-state index >= 15 is 0 Å². The molecule has 0 aromatic carbocycles. The largest absolute Gasteiger partial charge is 0.0676 e. The van der Waals surface area contributed by atoms with Crippen LogP contribution in [0.4, 0.5) is 0 Å². The van der Waals surface area contributed by atoms with Gasteiger partial charge in [-0.05, 0) is 5.90 Å². The molecule has 0 aromatic rings. The molecular formula is C3H6P2. The van der Waals surface area contributed by atoms with Crippen LogP contribution in [0.25, 0.3) is 0 Å². The van der Waals surface area contributed by atoms with E-state index in [-0.39, 0.29) is 0 Å². The molecule has 0 aromatic heterocycles. The summed E-state index contributed by atoms with van der Waals surface area (Å²) >= 11 is 0. The van der Waals surface area contributed by atoms with Gasteiger partial charge in [0.25, 0.3) is 0 Å². The predicted octanol–water partition coefficient (Wildman–Crippen LogP) is 2.20. The van der Waals surface area contributed by atoms with Gasteiger partial charge in [0, 0.05) is 5.40 Å². The van der Waals surface area contributed by atoms with Crippen molar-refractivity contribution < 1.29 is 0 Å². The summed E-state index contributed by atoms with van der Waals surface area (Å²) in [5, 5.41) is 1.28. The maximum Gasteiger partial charge on any atom is 0.00503 e. The lowest BCUT2D eigenvalue weighted by Gasteiger charge is -1.80. The highest BCUT2D eigenvalue weighted by molar-refractivity contribution is 8.61. The summed E-state index contributed by atoms with van der Waals surface area (Å²) in [6.45, 7) is 2.40. The fraction of sp³-hybridized carbons (Fsp3) is 1.00. The molecule has 2 aliphatic rings. The van der Waals surface area contributed by atoms with Gasteiger partial charge in [-0.3, -0.25) is 0 Å². The van der Waals surface area contributed by atoms with Crippen LogP contribution in [0, 0.1) is 0 Å². The second-order valence-corrected chi connectivity index (χ2v) is 9.58. The number of fused-ring (bicyclic) bond motifs is 1. The quantitative estimate of drug-likeness (QED) is 0.413. The van der Waals surface area contributed by atoms with Gasteiger partial charge in [-0.25, -0.2) is 0 Å². The van der Waals surface area contributed by atoms with E-state index in [1.165, 1.54) is 5.40 Å². The fourth-order valence-electron chi connectivity index (χ4n) is 0.621. The maximum absolute atomic E-state index is 2.40. The van der Waals surface area contributed by atoms with E-state index in [9.17, 15) is 0 Å². The molecule has 2 unspecified atom stereocenters. The summed E-state index contributed by atoms with van der Waals surface area (Å²) in [5.74, 6) is 1.70. The molecule has 0 radical (unpaired) electrons. The van der Waals surface area contributed by atoms with Gasteiger partial charge < -0.3 is 0 Å². The first-order valence-electron chi connectivity index (χ1n) is 1.93. The van der Waals surface area contributed by atoms with Crippen LogP contribution in [0.1, 0.15) is 6.92 Å². The molecule has 2 saturated heterocycles. The zero-order chi connectivity index (χ0) is 3.44. The Morgan fingerprint density at radius 2 is 2.00 bits per heavy atom. The summed E-state index contributed by atoms with van der Waals surface area (Å²) in [5.41, 5.74) is 0. The Bertz CT molecular complexity index is 56.5. The Morgan fingerprint density at radius 3 is 2.00 bits per heavy atom. The van der Waals surface area contributed by atoms with Gasteiger partial charge in [-0.15, -0.1) is 0 Å². The molecule has 2 heterocycles. The van der Waals surface area contributed by atoms with Crippen molar-refractivity contribution in [3.05, 3.63) is 0 Å². The number of hydrogen-bond donors (Lipinski definition) is 0. The first-order valence-corrected chi connectivity index (χ1v) is 5.82. The van der Waals surface area contributed by atoms with Gasteiger partial charge in [0.05, 0.1) is 0 Å². The number of rotatable bonds is 0. The molecule has 2 heteroatoms. The third kappa shape index (κ3) is 0.240. The first-order chi connectivity index (χ1) is 2.39. The highest BCUT2D eigenvalue weighted by Gasteiger charge is 2.60. The normalized spacial score (nSPS) is 70.2. The average molecular weight is 104 g/mol. The maximum atomic E-state index is 2.40. The molecule has 2 atom stereocenters. The summed E-state index contributed by atoms with van der Waals surface area (Å²) in [7, 11) is 1.60. The predicted molar refractivity (Wildman–Crippen MR) is 28.2 cm³/mol. The van der Waals surface area contributed by atoms with Crippen molar-refractivity contribution >= 4 is 15.2 Å². The van der Waals surface area contributed by atoms with Gasteiger partial charge in [-0.2, -0.15) is 0 Å². The Hall–Kier alpha value is 0.860. The minimum absolute atomic E-state index is 0.800. The molecule has 0 aliphatic carbocycles. The van der Waals surface area contributed by atoms with E-state index in [1.807, 2.05) is 0 Å². The van der Waals surface area contributed by atoms with Crippen molar-refractivity contribution in [1.82, 2.24) is 0 Å². The summed E-state index contributed by atoms with van der Waals surface area (Å²) in [4.78, 5) is 0. The van der Waals surface area contributed by atoms with Crippen LogP contribution in [0.15, 0.2) is 0 Å². The second kappa shape index (κ2) is 0.614. The standard InChI is InChI=1S/C3H6P2/c1-3-4-2-5(3)4/h3H,2H2,1H3. The Balaban J connectivity index is 2.19. The van der Waals surface area contributed by atoms with Crippen LogP contribution in [0.5, 0.6) is 0 Å². The third-order valence-corrected chi connectivity index (χ3v) is 9.90. The zero-order valence-electron chi connectivity index (χ0n) is 3.18. The average Bonchev–Trinajstić information content (AvgIpc) is 2.11. The number of hydrogen-bond acceptors (Lipinski definition) is 0. The lowest BCUT2D eigenvalue weighted by molar-refractivity contribution is 1.41. The van der Waals surface area contributed by atoms with Crippen molar-refractivity contribution in [2.75, 3.05) is 5.90 Å². The topological polar surface area (TPSA) is 0 Å². The first kappa shape index (κ1) is 2.94. The molecule has 2 aliphatic heterocycles. The van der Waals surface area contributed by atoms with Crippen molar-refractivity contribution in [1.29, 1.82) is 0 Å². The summed E-state index contributed by atoms with van der Waals surface area (Å²) in [6.07, 6.45) is 0. The molecule has 2 rings (SSSR count). The minimum Gasteiger partial charge on any atom is -0.0676 e. The van der Waals surface area contributed by atoms with Crippen LogP contribution < -0.4 is 0 Å². The van der Waals surface area contributed by atoms with Gasteiger partial charge in [0.1, 0.15) is 0 Å². The highest BCUT2D eigenvalue weighted by atomic mass is 32.2.